The van der Waals surface area contributed by atoms with Crippen LogP contribution in [0.25, 0.3) is 0 Å². The first kappa shape index (κ1) is 14.7. The number of hydrogen-bond acceptors (Lipinski definition) is 2. The van der Waals surface area contributed by atoms with E-state index in [-0.39, 0.29) is 12.5 Å². The predicted molar refractivity (Wildman–Crippen MR) is 72.5 cm³/mol. The molecule has 1 N–H and O–H groups in total. The van der Waals surface area contributed by atoms with Crippen LogP contribution in [-0.2, 0) is 16.0 Å². The lowest BCUT2D eigenvalue weighted by atomic mass is 10.1. The van der Waals surface area contributed by atoms with E-state index in [1.54, 1.807) is 0 Å². The highest BCUT2D eigenvalue weighted by molar-refractivity contribution is 9.10. The fraction of sp³-hybridized carbons (Fsp3) is 0.385. The minimum Gasteiger partial charge on any atom is -0.480 e. The molecule has 18 heavy (non-hydrogen) atoms. The standard InChI is InChI=1S/C13H16BrNO3/c1-9-7-10(3-5-11(9)14)4-6-12(16)15(2)8-13(17)18/h3,5,7H,4,6,8H2,1-2H3,(H,17,18). The van der Waals surface area contributed by atoms with Crippen molar-refractivity contribution in [3.63, 3.8) is 0 Å². The molecule has 0 aliphatic carbocycles. The van der Waals surface area contributed by atoms with E-state index in [4.69, 9.17) is 5.11 Å². The molecule has 98 valence electrons. The van der Waals surface area contributed by atoms with Gasteiger partial charge in [0.05, 0.1) is 0 Å². The summed E-state index contributed by atoms with van der Waals surface area (Å²) in [5, 5.41) is 8.59. The molecule has 0 unspecified atom stereocenters. The molecule has 5 heteroatoms. The van der Waals surface area contributed by atoms with E-state index in [1.807, 2.05) is 25.1 Å². The second kappa shape index (κ2) is 6.54. The van der Waals surface area contributed by atoms with Crippen LogP contribution in [0.3, 0.4) is 0 Å². The summed E-state index contributed by atoms with van der Waals surface area (Å²) in [7, 11) is 1.50. The van der Waals surface area contributed by atoms with Crippen LogP contribution in [0.15, 0.2) is 22.7 Å². The van der Waals surface area contributed by atoms with Crippen molar-refractivity contribution in [1.29, 1.82) is 0 Å². The maximum absolute atomic E-state index is 11.7. The highest BCUT2D eigenvalue weighted by Gasteiger charge is 2.11. The minimum atomic E-state index is -0.995. The monoisotopic (exact) mass is 313 g/mol. The molecule has 1 aromatic rings. The van der Waals surface area contributed by atoms with Crippen LogP contribution in [0.1, 0.15) is 17.5 Å². The quantitative estimate of drug-likeness (QED) is 0.907. The van der Waals surface area contributed by atoms with Crippen molar-refractivity contribution in [2.75, 3.05) is 13.6 Å². The average molecular weight is 314 g/mol. The molecule has 4 nitrogen and oxygen atoms in total. The molecular formula is C13H16BrNO3. The van der Waals surface area contributed by atoms with Crippen molar-refractivity contribution < 1.29 is 14.7 Å². The van der Waals surface area contributed by atoms with Crippen LogP contribution in [-0.4, -0.2) is 35.5 Å². The number of aryl methyl sites for hydroxylation is 2. The van der Waals surface area contributed by atoms with E-state index in [9.17, 15) is 9.59 Å². The van der Waals surface area contributed by atoms with Gasteiger partial charge in [-0.2, -0.15) is 0 Å². The van der Waals surface area contributed by atoms with Gasteiger partial charge in [0.15, 0.2) is 0 Å². The number of benzene rings is 1. The number of halogens is 1. The first-order valence-electron chi connectivity index (χ1n) is 5.61. The molecule has 0 aliphatic heterocycles. The van der Waals surface area contributed by atoms with Gasteiger partial charge in [-0.25, -0.2) is 0 Å². The van der Waals surface area contributed by atoms with E-state index in [0.29, 0.717) is 12.8 Å². The zero-order chi connectivity index (χ0) is 13.7. The summed E-state index contributed by atoms with van der Waals surface area (Å²) in [6.07, 6.45) is 0.946. The maximum Gasteiger partial charge on any atom is 0.323 e. The smallest absolute Gasteiger partial charge is 0.323 e. The molecule has 0 aliphatic rings. The Hall–Kier alpha value is -1.36. The molecule has 0 saturated heterocycles. The van der Waals surface area contributed by atoms with Crippen LogP contribution in [0, 0.1) is 6.92 Å². The highest BCUT2D eigenvalue weighted by Crippen LogP contribution is 2.18. The summed E-state index contributed by atoms with van der Waals surface area (Å²) < 4.78 is 1.04. The van der Waals surface area contributed by atoms with Gasteiger partial charge in [-0.05, 0) is 30.5 Å². The fourth-order valence-electron chi connectivity index (χ4n) is 1.60. The highest BCUT2D eigenvalue weighted by atomic mass is 79.9. The second-order valence-corrected chi connectivity index (χ2v) is 5.08. The van der Waals surface area contributed by atoms with Crippen molar-refractivity contribution in [2.45, 2.75) is 19.8 Å². The summed E-state index contributed by atoms with van der Waals surface area (Å²) in [5.74, 6) is -1.15. The molecule has 0 atom stereocenters. The number of nitrogens with zero attached hydrogens (tertiary/aromatic N) is 1. The van der Waals surface area contributed by atoms with Gasteiger partial charge in [0.25, 0.3) is 0 Å². The predicted octanol–water partition coefficient (Wildman–Crippen LogP) is 2.23. The number of carbonyl (C=O) groups is 2. The summed E-state index contributed by atoms with van der Waals surface area (Å²) in [5.41, 5.74) is 2.20. The first-order chi connectivity index (χ1) is 8.40. The third-order valence-electron chi connectivity index (χ3n) is 2.65. The van der Waals surface area contributed by atoms with E-state index in [2.05, 4.69) is 15.9 Å². The largest absolute Gasteiger partial charge is 0.480 e. The molecule has 0 aromatic heterocycles. The third kappa shape index (κ3) is 4.49. The Bertz CT molecular complexity index is 460. The van der Waals surface area contributed by atoms with Crippen LogP contribution >= 0.6 is 15.9 Å². The number of carboxylic acid groups (broad SMARTS) is 1. The first-order valence-corrected chi connectivity index (χ1v) is 6.40. The zero-order valence-electron chi connectivity index (χ0n) is 10.4. The molecule has 0 radical (unpaired) electrons. The number of hydrogen-bond donors (Lipinski definition) is 1. The molecular weight excluding hydrogens is 298 g/mol. The van der Waals surface area contributed by atoms with Crippen LogP contribution in [0.5, 0.6) is 0 Å². The Balaban J connectivity index is 2.52. The minimum absolute atomic E-state index is 0.155. The molecule has 1 amide bonds. The summed E-state index contributed by atoms with van der Waals surface area (Å²) in [6.45, 7) is 1.74. The number of carbonyl (C=O) groups excluding carboxylic acids is 1. The molecule has 0 bridgehead atoms. The van der Waals surface area contributed by atoms with Crippen molar-refractivity contribution in [2.24, 2.45) is 0 Å². The van der Waals surface area contributed by atoms with Gasteiger partial charge >= 0.3 is 5.97 Å². The molecule has 0 heterocycles. The molecule has 0 fully saturated rings. The van der Waals surface area contributed by atoms with Gasteiger partial charge in [-0.15, -0.1) is 0 Å². The number of carboxylic acids is 1. The van der Waals surface area contributed by atoms with Gasteiger partial charge < -0.3 is 10.0 Å². The van der Waals surface area contributed by atoms with Crippen LogP contribution in [0.4, 0.5) is 0 Å². The Labute approximate surface area is 115 Å². The van der Waals surface area contributed by atoms with E-state index in [1.165, 1.54) is 11.9 Å². The molecule has 1 rings (SSSR count). The Morgan fingerprint density at radius 1 is 1.39 bits per heavy atom. The topological polar surface area (TPSA) is 57.6 Å². The fourth-order valence-corrected chi connectivity index (χ4v) is 1.84. The Morgan fingerprint density at radius 2 is 2.06 bits per heavy atom. The second-order valence-electron chi connectivity index (χ2n) is 4.23. The Kier molecular flexibility index (Phi) is 5.34. The SMILES string of the molecule is Cc1cc(CCC(=O)N(C)CC(=O)O)ccc1Br. The van der Waals surface area contributed by atoms with Crippen LogP contribution < -0.4 is 0 Å². The lowest BCUT2D eigenvalue weighted by Gasteiger charge is -2.14. The maximum atomic E-state index is 11.7. The van der Waals surface area contributed by atoms with E-state index < -0.39 is 5.97 Å². The number of rotatable bonds is 5. The third-order valence-corrected chi connectivity index (χ3v) is 3.54. The summed E-state index contributed by atoms with van der Waals surface area (Å²) in [6, 6.07) is 5.94. The van der Waals surface area contributed by atoms with Gasteiger partial charge in [0.2, 0.25) is 5.91 Å². The number of amides is 1. The van der Waals surface area contributed by atoms with Crippen molar-refractivity contribution in [3.8, 4) is 0 Å². The van der Waals surface area contributed by atoms with E-state index in [0.717, 1.165) is 15.6 Å². The lowest BCUT2D eigenvalue weighted by Crippen LogP contribution is -2.32. The lowest BCUT2D eigenvalue weighted by molar-refractivity contribution is -0.143. The van der Waals surface area contributed by atoms with Gasteiger partial charge in [0.1, 0.15) is 6.54 Å². The number of aliphatic carboxylic acids is 1. The Morgan fingerprint density at radius 3 is 2.61 bits per heavy atom. The molecule has 0 spiro atoms. The average Bonchev–Trinajstić information content (AvgIpc) is 2.29. The van der Waals surface area contributed by atoms with E-state index >= 15 is 0 Å². The normalized spacial score (nSPS) is 10.2. The van der Waals surface area contributed by atoms with Crippen molar-refractivity contribution in [3.05, 3.63) is 33.8 Å². The van der Waals surface area contributed by atoms with Crippen molar-refractivity contribution in [1.82, 2.24) is 4.90 Å². The summed E-state index contributed by atoms with van der Waals surface area (Å²) >= 11 is 3.42. The van der Waals surface area contributed by atoms with Gasteiger partial charge in [-0.1, -0.05) is 28.1 Å². The van der Waals surface area contributed by atoms with Gasteiger partial charge in [-0.3, -0.25) is 9.59 Å². The van der Waals surface area contributed by atoms with Crippen molar-refractivity contribution >= 4 is 27.8 Å². The van der Waals surface area contributed by atoms with Crippen LogP contribution in [0.2, 0.25) is 0 Å². The summed E-state index contributed by atoms with van der Waals surface area (Å²) in [4.78, 5) is 23.4. The molecule has 1 aromatic carbocycles. The van der Waals surface area contributed by atoms with Gasteiger partial charge in [0, 0.05) is 17.9 Å². The number of likely N-dealkylation sites (N-methyl/N-ethyl adjacent to an activating group) is 1. The molecule has 0 saturated carbocycles. The zero-order valence-corrected chi connectivity index (χ0v) is 12.0.